The van der Waals surface area contributed by atoms with E-state index < -0.39 is 0 Å². The minimum Gasteiger partial charge on any atom is -0.379 e. The summed E-state index contributed by atoms with van der Waals surface area (Å²) in [5.41, 5.74) is 0. The summed E-state index contributed by atoms with van der Waals surface area (Å²) < 4.78 is 11.2. The summed E-state index contributed by atoms with van der Waals surface area (Å²) in [4.78, 5) is 7.50. The molecule has 2 atom stereocenters. The Bertz CT molecular complexity index is 376. The van der Waals surface area contributed by atoms with Crippen molar-refractivity contribution in [2.75, 3.05) is 52.5 Å². The third-order valence-corrected chi connectivity index (χ3v) is 5.41. The highest BCUT2D eigenvalue weighted by molar-refractivity contribution is 5.79. The Balaban J connectivity index is 1.95. The van der Waals surface area contributed by atoms with Crippen molar-refractivity contribution in [3.05, 3.63) is 0 Å². The molecule has 0 amide bonds. The molecule has 2 rings (SSSR count). The van der Waals surface area contributed by atoms with Crippen molar-refractivity contribution in [1.29, 1.82) is 0 Å². The first-order chi connectivity index (χ1) is 12.3. The van der Waals surface area contributed by atoms with Crippen LogP contribution in [0.2, 0.25) is 0 Å². The number of guanidine groups is 1. The van der Waals surface area contributed by atoms with Crippen LogP contribution in [0.3, 0.4) is 0 Å². The third-order valence-electron chi connectivity index (χ3n) is 5.41. The molecule has 0 radical (unpaired) electrons. The molecule has 146 valence electrons. The van der Waals surface area contributed by atoms with Crippen molar-refractivity contribution in [3.63, 3.8) is 0 Å². The highest BCUT2D eigenvalue weighted by Gasteiger charge is 2.26. The lowest BCUT2D eigenvalue weighted by Gasteiger charge is -2.38. The largest absolute Gasteiger partial charge is 0.379 e. The van der Waals surface area contributed by atoms with Crippen molar-refractivity contribution in [3.8, 4) is 0 Å². The molecule has 6 heteroatoms. The summed E-state index contributed by atoms with van der Waals surface area (Å²) in [5, 5.41) is 6.85. The average molecular weight is 355 g/mol. The van der Waals surface area contributed by atoms with Crippen LogP contribution in [0.25, 0.3) is 0 Å². The van der Waals surface area contributed by atoms with Crippen molar-refractivity contribution >= 4 is 5.96 Å². The molecule has 2 unspecified atom stereocenters. The lowest BCUT2D eigenvalue weighted by molar-refractivity contribution is 0.00394. The molecule has 2 aliphatic heterocycles. The predicted octanol–water partition coefficient (Wildman–Crippen LogP) is 1.86. The molecule has 2 N–H and O–H groups in total. The monoisotopic (exact) mass is 354 g/mol. The molecule has 0 spiro atoms. The predicted molar refractivity (Wildman–Crippen MR) is 103 cm³/mol. The fourth-order valence-corrected chi connectivity index (χ4v) is 3.85. The smallest absolute Gasteiger partial charge is 0.191 e. The molecule has 2 saturated heterocycles. The Morgan fingerprint density at radius 2 is 1.88 bits per heavy atom. The van der Waals surface area contributed by atoms with E-state index in [4.69, 9.17) is 14.5 Å². The molecule has 0 aromatic heterocycles. The van der Waals surface area contributed by atoms with Gasteiger partial charge in [-0.2, -0.15) is 0 Å². The molecular formula is C19H38N4O2. The van der Waals surface area contributed by atoms with Crippen LogP contribution in [0.1, 0.15) is 46.5 Å². The Hall–Kier alpha value is -0.850. The van der Waals surface area contributed by atoms with Crippen LogP contribution in [-0.4, -0.2) is 75.5 Å². The number of ether oxygens (including phenoxy) is 2. The van der Waals surface area contributed by atoms with Crippen LogP contribution in [0, 0.1) is 5.92 Å². The van der Waals surface area contributed by atoms with Crippen molar-refractivity contribution < 1.29 is 9.47 Å². The molecule has 6 nitrogen and oxygen atoms in total. The van der Waals surface area contributed by atoms with E-state index in [1.54, 1.807) is 0 Å². The number of morpholine rings is 1. The molecule has 2 aliphatic rings. The van der Waals surface area contributed by atoms with Crippen molar-refractivity contribution in [2.45, 2.75) is 58.6 Å². The average Bonchev–Trinajstić information content (AvgIpc) is 3.17. The van der Waals surface area contributed by atoms with Gasteiger partial charge in [0.15, 0.2) is 5.96 Å². The minimum absolute atomic E-state index is 0.331. The van der Waals surface area contributed by atoms with E-state index in [9.17, 15) is 0 Å². The van der Waals surface area contributed by atoms with Gasteiger partial charge in [0, 0.05) is 38.8 Å². The summed E-state index contributed by atoms with van der Waals surface area (Å²) in [7, 11) is 0. The Kier molecular flexibility index (Phi) is 9.58. The first kappa shape index (κ1) is 20.5. The fraction of sp³-hybridized carbons (Fsp3) is 0.947. The van der Waals surface area contributed by atoms with Gasteiger partial charge in [0.2, 0.25) is 0 Å². The van der Waals surface area contributed by atoms with Gasteiger partial charge < -0.3 is 20.1 Å². The van der Waals surface area contributed by atoms with Gasteiger partial charge in [-0.3, -0.25) is 9.89 Å². The van der Waals surface area contributed by atoms with Crippen LogP contribution in [-0.2, 0) is 9.47 Å². The van der Waals surface area contributed by atoms with Crippen LogP contribution < -0.4 is 10.6 Å². The fourth-order valence-electron chi connectivity index (χ4n) is 3.85. The normalized spacial score (nSPS) is 23.8. The van der Waals surface area contributed by atoms with Gasteiger partial charge in [0.05, 0.1) is 25.9 Å². The second kappa shape index (κ2) is 11.7. The van der Waals surface area contributed by atoms with Crippen molar-refractivity contribution in [2.24, 2.45) is 10.9 Å². The Morgan fingerprint density at radius 1 is 1.12 bits per heavy atom. The van der Waals surface area contributed by atoms with E-state index in [0.717, 1.165) is 64.9 Å². The number of hydrogen-bond donors (Lipinski definition) is 2. The van der Waals surface area contributed by atoms with E-state index in [2.05, 4.69) is 36.3 Å². The lowest BCUT2D eigenvalue weighted by atomic mass is 9.92. The summed E-state index contributed by atoms with van der Waals surface area (Å²) in [6, 6.07) is 0.497. The zero-order valence-electron chi connectivity index (χ0n) is 16.4. The molecule has 0 bridgehead atoms. The van der Waals surface area contributed by atoms with Gasteiger partial charge in [0.25, 0.3) is 0 Å². The Labute approximate surface area is 153 Å². The van der Waals surface area contributed by atoms with Gasteiger partial charge in [-0.25, -0.2) is 0 Å². The van der Waals surface area contributed by atoms with E-state index in [1.807, 2.05) is 0 Å². The molecule has 0 aliphatic carbocycles. The number of nitrogens with one attached hydrogen (secondary N) is 2. The molecule has 0 aromatic carbocycles. The zero-order valence-corrected chi connectivity index (χ0v) is 16.4. The lowest BCUT2D eigenvalue weighted by Crippen LogP contribution is -2.49. The molecule has 0 aromatic rings. The van der Waals surface area contributed by atoms with Gasteiger partial charge in [-0.15, -0.1) is 0 Å². The number of rotatable bonds is 9. The van der Waals surface area contributed by atoms with E-state index >= 15 is 0 Å². The number of hydrogen-bond acceptors (Lipinski definition) is 4. The highest BCUT2D eigenvalue weighted by atomic mass is 16.5. The summed E-state index contributed by atoms with van der Waals surface area (Å²) in [6.45, 7) is 13.9. The molecular weight excluding hydrogens is 316 g/mol. The van der Waals surface area contributed by atoms with Gasteiger partial charge in [-0.1, -0.05) is 26.7 Å². The quantitative estimate of drug-likeness (QED) is 0.489. The van der Waals surface area contributed by atoms with Gasteiger partial charge >= 0.3 is 0 Å². The van der Waals surface area contributed by atoms with Crippen molar-refractivity contribution in [1.82, 2.24) is 15.5 Å². The molecule has 2 fully saturated rings. The van der Waals surface area contributed by atoms with E-state index in [-0.39, 0.29) is 0 Å². The SMILES string of the molecule is CCNC(=NCC(C(CC)CC)N1CCOCC1)NCC1CCCO1. The molecule has 0 saturated carbocycles. The van der Waals surface area contributed by atoms with E-state index in [1.165, 1.54) is 19.3 Å². The topological polar surface area (TPSA) is 58.1 Å². The second-order valence-corrected chi connectivity index (χ2v) is 7.03. The summed E-state index contributed by atoms with van der Waals surface area (Å²) in [5.74, 6) is 1.60. The maximum Gasteiger partial charge on any atom is 0.191 e. The standard InChI is InChI=1S/C19H38N4O2/c1-4-16(5-2)18(23-9-12-24-13-10-23)15-22-19(20-6-3)21-14-17-8-7-11-25-17/h16-18H,4-15H2,1-3H3,(H2,20,21,22). The number of nitrogens with zero attached hydrogens (tertiary/aromatic N) is 2. The second-order valence-electron chi connectivity index (χ2n) is 7.03. The first-order valence-corrected chi connectivity index (χ1v) is 10.2. The van der Waals surface area contributed by atoms with Crippen LogP contribution in [0.4, 0.5) is 0 Å². The van der Waals surface area contributed by atoms with Gasteiger partial charge in [0.1, 0.15) is 0 Å². The number of aliphatic imine (C=N–C) groups is 1. The van der Waals surface area contributed by atoms with Gasteiger partial charge in [-0.05, 0) is 25.7 Å². The summed E-state index contributed by atoms with van der Waals surface area (Å²) >= 11 is 0. The highest BCUT2D eigenvalue weighted by Crippen LogP contribution is 2.20. The third kappa shape index (κ3) is 6.76. The van der Waals surface area contributed by atoms with Crippen LogP contribution in [0.15, 0.2) is 4.99 Å². The maximum atomic E-state index is 5.71. The molecule has 25 heavy (non-hydrogen) atoms. The van der Waals surface area contributed by atoms with E-state index in [0.29, 0.717) is 18.1 Å². The zero-order chi connectivity index (χ0) is 17.9. The summed E-state index contributed by atoms with van der Waals surface area (Å²) in [6.07, 6.45) is 5.06. The molecule has 2 heterocycles. The van der Waals surface area contributed by atoms with Crippen LogP contribution in [0.5, 0.6) is 0 Å². The first-order valence-electron chi connectivity index (χ1n) is 10.2. The Morgan fingerprint density at radius 3 is 2.48 bits per heavy atom. The maximum absolute atomic E-state index is 5.71. The van der Waals surface area contributed by atoms with Crippen LogP contribution >= 0.6 is 0 Å². The minimum atomic E-state index is 0.331.